The molecule has 9 nitrogen and oxygen atoms in total. The Labute approximate surface area is 282 Å². The van der Waals surface area contributed by atoms with Gasteiger partial charge in [-0.25, -0.2) is 4.79 Å². The zero-order valence-corrected chi connectivity index (χ0v) is 26.9. The van der Waals surface area contributed by atoms with Crippen LogP contribution in [0.1, 0.15) is 27.8 Å². The van der Waals surface area contributed by atoms with Crippen molar-refractivity contribution in [2.45, 2.75) is 44.6 Å². The molecule has 3 amide bonds. The van der Waals surface area contributed by atoms with E-state index in [0.29, 0.717) is 28.8 Å². The number of benzene rings is 4. The van der Waals surface area contributed by atoms with E-state index in [-0.39, 0.29) is 25.4 Å². The summed E-state index contributed by atoms with van der Waals surface area (Å²) in [6.45, 7) is 0.829. The standard InChI is InChI=1S/C36H33Cl2N5O4/c37-27-12-10-23(30(38)17-27)15-31(39)35(45)43-19-24-11-13-28(14-26(24)20-43)41-34(44)33(16-25-18-40-32-9-5-4-8-29(25)32)42-36(46)47-21-22-6-2-1-3-7-22/h1-14,17-18,31,33,40H,15-16,19-21,39H2,(H,41,44)(H,42,46)/t31-,33+/m1/s1. The summed E-state index contributed by atoms with van der Waals surface area (Å²) in [5, 5.41) is 7.64. The van der Waals surface area contributed by atoms with Gasteiger partial charge < -0.3 is 31.0 Å². The molecule has 0 aliphatic carbocycles. The van der Waals surface area contributed by atoms with Crippen LogP contribution in [0.3, 0.4) is 0 Å². The van der Waals surface area contributed by atoms with Gasteiger partial charge in [-0.3, -0.25) is 9.59 Å². The summed E-state index contributed by atoms with van der Waals surface area (Å²) >= 11 is 12.3. The highest BCUT2D eigenvalue weighted by molar-refractivity contribution is 6.35. The molecule has 240 valence electrons. The summed E-state index contributed by atoms with van der Waals surface area (Å²) < 4.78 is 5.43. The van der Waals surface area contributed by atoms with Crippen molar-refractivity contribution in [3.05, 3.63) is 135 Å². The highest BCUT2D eigenvalue weighted by Gasteiger charge is 2.29. The molecule has 0 fully saturated rings. The molecule has 4 aromatic carbocycles. The second-order valence-corrected chi connectivity index (χ2v) is 12.4. The number of ether oxygens (including phenoxy) is 1. The van der Waals surface area contributed by atoms with Gasteiger partial charge in [0.1, 0.15) is 12.6 Å². The lowest BCUT2D eigenvalue weighted by atomic mass is 10.0. The van der Waals surface area contributed by atoms with Crippen molar-refractivity contribution in [3.8, 4) is 0 Å². The molecule has 0 bridgehead atoms. The van der Waals surface area contributed by atoms with E-state index in [4.69, 9.17) is 33.7 Å². The Morgan fingerprint density at radius 3 is 2.45 bits per heavy atom. The maximum absolute atomic E-state index is 13.7. The second kappa shape index (κ2) is 14.3. The van der Waals surface area contributed by atoms with E-state index >= 15 is 0 Å². The van der Waals surface area contributed by atoms with Gasteiger partial charge in [-0.1, -0.05) is 83.9 Å². The normalized spacial score (nSPS) is 13.6. The third-order valence-corrected chi connectivity index (χ3v) is 8.79. The van der Waals surface area contributed by atoms with Gasteiger partial charge in [-0.15, -0.1) is 0 Å². The van der Waals surface area contributed by atoms with Crippen molar-refractivity contribution in [1.29, 1.82) is 0 Å². The smallest absolute Gasteiger partial charge is 0.408 e. The van der Waals surface area contributed by atoms with Gasteiger partial charge in [0, 0.05) is 52.3 Å². The first-order chi connectivity index (χ1) is 22.7. The molecule has 0 unspecified atom stereocenters. The minimum absolute atomic E-state index is 0.0739. The number of alkyl carbamates (subject to hydrolysis) is 1. The van der Waals surface area contributed by atoms with Crippen LogP contribution in [-0.4, -0.2) is 39.9 Å². The number of nitrogens with two attached hydrogens (primary N) is 1. The lowest BCUT2D eigenvalue weighted by Crippen LogP contribution is -2.45. The van der Waals surface area contributed by atoms with Crippen molar-refractivity contribution in [2.24, 2.45) is 5.73 Å². The summed E-state index contributed by atoms with van der Waals surface area (Å²) in [6, 6.07) is 26.0. The summed E-state index contributed by atoms with van der Waals surface area (Å²) in [6.07, 6.45) is 1.66. The van der Waals surface area contributed by atoms with Crippen molar-refractivity contribution in [2.75, 3.05) is 5.32 Å². The fourth-order valence-electron chi connectivity index (χ4n) is 5.74. The van der Waals surface area contributed by atoms with Gasteiger partial charge in [0.05, 0.1) is 6.04 Å². The number of hydrogen-bond donors (Lipinski definition) is 4. The highest BCUT2D eigenvalue weighted by atomic mass is 35.5. The maximum atomic E-state index is 13.7. The van der Waals surface area contributed by atoms with Gasteiger partial charge in [0.15, 0.2) is 0 Å². The van der Waals surface area contributed by atoms with E-state index in [1.807, 2.05) is 72.9 Å². The summed E-state index contributed by atoms with van der Waals surface area (Å²) in [7, 11) is 0. The predicted molar refractivity (Wildman–Crippen MR) is 183 cm³/mol. The van der Waals surface area contributed by atoms with E-state index in [0.717, 1.165) is 38.7 Å². The van der Waals surface area contributed by atoms with E-state index in [1.54, 1.807) is 29.2 Å². The average molecular weight is 671 g/mol. The van der Waals surface area contributed by atoms with Crippen LogP contribution >= 0.6 is 23.2 Å². The molecule has 47 heavy (non-hydrogen) atoms. The SMILES string of the molecule is N[C@H](Cc1ccc(Cl)cc1Cl)C(=O)N1Cc2ccc(NC(=O)[C@H](Cc3c[nH]c4ccccc34)NC(=O)OCc3ccccc3)cc2C1. The number of hydrogen-bond acceptors (Lipinski definition) is 5. The summed E-state index contributed by atoms with van der Waals surface area (Å²) in [5.74, 6) is -0.602. The van der Waals surface area contributed by atoms with E-state index in [2.05, 4.69) is 15.6 Å². The van der Waals surface area contributed by atoms with Crippen molar-refractivity contribution < 1.29 is 19.1 Å². The molecule has 0 saturated heterocycles. The van der Waals surface area contributed by atoms with Gasteiger partial charge in [-0.2, -0.15) is 0 Å². The number of carbonyl (C=O) groups excluding carboxylic acids is 3. The van der Waals surface area contributed by atoms with Crippen LogP contribution in [0, 0.1) is 0 Å². The number of H-pyrrole nitrogens is 1. The van der Waals surface area contributed by atoms with Crippen LogP contribution < -0.4 is 16.4 Å². The van der Waals surface area contributed by atoms with Crippen LogP contribution in [0.2, 0.25) is 10.0 Å². The van der Waals surface area contributed by atoms with E-state index in [9.17, 15) is 14.4 Å². The number of para-hydroxylation sites is 1. The van der Waals surface area contributed by atoms with Gasteiger partial charge in [0.2, 0.25) is 11.8 Å². The zero-order chi connectivity index (χ0) is 32.9. The number of aromatic amines is 1. The second-order valence-electron chi connectivity index (χ2n) is 11.5. The molecule has 5 aromatic rings. The first kappa shape index (κ1) is 32.1. The maximum Gasteiger partial charge on any atom is 0.408 e. The number of aromatic nitrogens is 1. The number of nitrogens with zero attached hydrogens (tertiary/aromatic N) is 1. The van der Waals surface area contributed by atoms with Crippen LogP contribution in [0.4, 0.5) is 10.5 Å². The van der Waals surface area contributed by atoms with Crippen LogP contribution in [0.25, 0.3) is 10.9 Å². The van der Waals surface area contributed by atoms with Crippen LogP contribution in [0.15, 0.2) is 97.2 Å². The Balaban J connectivity index is 1.12. The summed E-state index contributed by atoms with van der Waals surface area (Å²) in [5.41, 5.74) is 12.1. The Morgan fingerprint density at radius 2 is 1.64 bits per heavy atom. The largest absolute Gasteiger partial charge is 0.445 e. The van der Waals surface area contributed by atoms with Gasteiger partial charge in [-0.05, 0) is 64.6 Å². The first-order valence-electron chi connectivity index (χ1n) is 15.2. The van der Waals surface area contributed by atoms with Gasteiger partial charge >= 0.3 is 6.09 Å². The van der Waals surface area contributed by atoms with E-state index < -0.39 is 24.1 Å². The average Bonchev–Trinajstić information content (AvgIpc) is 3.69. The molecule has 2 heterocycles. The fourth-order valence-corrected chi connectivity index (χ4v) is 6.23. The monoisotopic (exact) mass is 669 g/mol. The molecule has 1 aliphatic rings. The number of halogens is 2. The topological polar surface area (TPSA) is 130 Å². The number of amides is 3. The molecule has 1 aromatic heterocycles. The number of rotatable bonds is 10. The molecule has 6 rings (SSSR count). The molecular weight excluding hydrogens is 637 g/mol. The number of nitrogens with one attached hydrogen (secondary N) is 3. The molecular formula is C36H33Cl2N5O4. The minimum Gasteiger partial charge on any atom is -0.445 e. The molecule has 11 heteroatoms. The molecule has 5 N–H and O–H groups in total. The number of anilines is 1. The zero-order valence-electron chi connectivity index (χ0n) is 25.3. The van der Waals surface area contributed by atoms with Crippen LogP contribution in [0.5, 0.6) is 0 Å². The number of carbonyl (C=O) groups is 3. The Hall–Kier alpha value is -4.83. The molecule has 0 radical (unpaired) electrons. The Morgan fingerprint density at radius 1 is 0.872 bits per heavy atom. The molecule has 0 spiro atoms. The molecule has 1 aliphatic heterocycles. The quantitative estimate of drug-likeness (QED) is 0.137. The highest BCUT2D eigenvalue weighted by Crippen LogP contribution is 2.28. The molecule has 0 saturated carbocycles. The van der Waals surface area contributed by atoms with Crippen LogP contribution in [-0.2, 0) is 46.9 Å². The van der Waals surface area contributed by atoms with Crippen molar-refractivity contribution in [3.63, 3.8) is 0 Å². The third-order valence-electron chi connectivity index (χ3n) is 8.20. The minimum atomic E-state index is -0.929. The Bertz CT molecular complexity index is 1930. The lowest BCUT2D eigenvalue weighted by Gasteiger charge is -2.20. The summed E-state index contributed by atoms with van der Waals surface area (Å²) in [4.78, 5) is 44.7. The first-order valence-corrected chi connectivity index (χ1v) is 15.9. The third kappa shape index (κ3) is 7.77. The van der Waals surface area contributed by atoms with Crippen molar-refractivity contribution >= 4 is 57.7 Å². The predicted octanol–water partition coefficient (Wildman–Crippen LogP) is 6.36. The van der Waals surface area contributed by atoms with Crippen molar-refractivity contribution in [1.82, 2.24) is 15.2 Å². The number of fused-ring (bicyclic) bond motifs is 2. The van der Waals surface area contributed by atoms with E-state index in [1.165, 1.54) is 0 Å². The molecule has 2 atom stereocenters. The fraction of sp³-hybridized carbons (Fsp3) is 0.194. The Kier molecular flexibility index (Phi) is 9.77. The lowest BCUT2D eigenvalue weighted by molar-refractivity contribution is -0.133. The van der Waals surface area contributed by atoms with Gasteiger partial charge in [0.25, 0.3) is 0 Å².